The molecule has 0 bridgehead atoms. The van der Waals surface area contributed by atoms with Gasteiger partial charge < -0.3 is 5.32 Å². The van der Waals surface area contributed by atoms with E-state index in [-0.39, 0.29) is 18.3 Å². The molecule has 1 amide bonds. The number of nitrogens with one attached hydrogen (secondary N) is 2. The van der Waals surface area contributed by atoms with Gasteiger partial charge in [-0.15, -0.1) is 0 Å². The van der Waals surface area contributed by atoms with Crippen LogP contribution in [-0.2, 0) is 6.54 Å². The Balaban J connectivity index is 1.99. The molecule has 1 aromatic carbocycles. The highest BCUT2D eigenvalue weighted by atomic mass is 19.1. The number of aryl methyl sites for hydroxylation is 1. The van der Waals surface area contributed by atoms with Crippen molar-refractivity contribution in [3.63, 3.8) is 0 Å². The topological polar surface area (TPSA) is 57.8 Å². The molecule has 17 heavy (non-hydrogen) atoms. The van der Waals surface area contributed by atoms with E-state index >= 15 is 0 Å². The van der Waals surface area contributed by atoms with Crippen LogP contribution < -0.4 is 5.32 Å². The molecule has 0 saturated carbocycles. The first-order valence-corrected chi connectivity index (χ1v) is 5.20. The fourth-order valence-electron chi connectivity index (χ4n) is 1.44. The second-order valence-electron chi connectivity index (χ2n) is 3.71. The van der Waals surface area contributed by atoms with E-state index in [1.54, 1.807) is 31.2 Å². The lowest BCUT2D eigenvalue weighted by Gasteiger charge is -2.04. The van der Waals surface area contributed by atoms with Crippen LogP contribution in [0.15, 0.2) is 30.3 Å². The van der Waals surface area contributed by atoms with E-state index in [9.17, 15) is 9.18 Å². The Hall–Kier alpha value is -2.17. The van der Waals surface area contributed by atoms with Gasteiger partial charge in [0.2, 0.25) is 0 Å². The van der Waals surface area contributed by atoms with Crippen LogP contribution in [0.5, 0.6) is 0 Å². The first-order valence-electron chi connectivity index (χ1n) is 5.20. The maximum Gasteiger partial charge on any atom is 0.272 e. The predicted molar refractivity (Wildman–Crippen MR) is 60.9 cm³/mol. The average Bonchev–Trinajstić information content (AvgIpc) is 2.74. The molecule has 4 nitrogen and oxygen atoms in total. The third-order valence-electron chi connectivity index (χ3n) is 2.34. The zero-order valence-electron chi connectivity index (χ0n) is 9.33. The van der Waals surface area contributed by atoms with Crippen LogP contribution in [-0.4, -0.2) is 16.1 Å². The maximum atomic E-state index is 13.3. The lowest BCUT2D eigenvalue weighted by atomic mass is 10.2. The molecule has 88 valence electrons. The number of benzene rings is 1. The van der Waals surface area contributed by atoms with Crippen LogP contribution in [0.3, 0.4) is 0 Å². The van der Waals surface area contributed by atoms with Gasteiger partial charge in [-0.2, -0.15) is 5.10 Å². The molecule has 0 radical (unpaired) electrons. The second kappa shape index (κ2) is 4.78. The van der Waals surface area contributed by atoms with E-state index in [0.717, 1.165) is 5.69 Å². The SMILES string of the molecule is Cc1cc(C(=O)NCc2ccccc2F)n[nH]1. The first-order chi connectivity index (χ1) is 8.16. The number of rotatable bonds is 3. The van der Waals surface area contributed by atoms with Gasteiger partial charge in [0.1, 0.15) is 11.5 Å². The van der Waals surface area contributed by atoms with Crippen molar-refractivity contribution in [3.8, 4) is 0 Å². The van der Waals surface area contributed by atoms with Gasteiger partial charge in [0.25, 0.3) is 5.91 Å². The molecular weight excluding hydrogens is 221 g/mol. The summed E-state index contributed by atoms with van der Waals surface area (Å²) in [5.74, 6) is -0.649. The minimum Gasteiger partial charge on any atom is -0.346 e. The van der Waals surface area contributed by atoms with Gasteiger partial charge in [-0.1, -0.05) is 18.2 Å². The summed E-state index contributed by atoms with van der Waals surface area (Å²) >= 11 is 0. The predicted octanol–water partition coefficient (Wildman–Crippen LogP) is 1.79. The Morgan fingerprint density at radius 2 is 2.24 bits per heavy atom. The van der Waals surface area contributed by atoms with Crippen LogP contribution in [0.4, 0.5) is 4.39 Å². The summed E-state index contributed by atoms with van der Waals surface area (Å²) in [7, 11) is 0. The van der Waals surface area contributed by atoms with Crippen molar-refractivity contribution >= 4 is 5.91 Å². The fourth-order valence-corrected chi connectivity index (χ4v) is 1.44. The van der Waals surface area contributed by atoms with Gasteiger partial charge in [0, 0.05) is 17.8 Å². The van der Waals surface area contributed by atoms with Gasteiger partial charge in [-0.3, -0.25) is 9.89 Å². The fraction of sp³-hybridized carbons (Fsp3) is 0.167. The molecule has 0 aliphatic heterocycles. The van der Waals surface area contributed by atoms with Gasteiger partial charge in [-0.05, 0) is 19.1 Å². The third kappa shape index (κ3) is 2.69. The van der Waals surface area contributed by atoms with E-state index in [4.69, 9.17) is 0 Å². The summed E-state index contributed by atoms with van der Waals surface area (Å²) in [6.07, 6.45) is 0. The van der Waals surface area contributed by atoms with E-state index in [2.05, 4.69) is 15.5 Å². The standard InChI is InChI=1S/C12H12FN3O/c1-8-6-11(16-15-8)12(17)14-7-9-4-2-3-5-10(9)13/h2-6H,7H2,1H3,(H,14,17)(H,15,16). The van der Waals surface area contributed by atoms with Crippen molar-refractivity contribution < 1.29 is 9.18 Å². The number of nitrogens with zero attached hydrogens (tertiary/aromatic N) is 1. The van der Waals surface area contributed by atoms with Gasteiger partial charge in [-0.25, -0.2) is 4.39 Å². The molecule has 0 aliphatic carbocycles. The van der Waals surface area contributed by atoms with E-state index in [1.807, 2.05) is 0 Å². The molecule has 2 rings (SSSR count). The molecule has 0 fully saturated rings. The summed E-state index contributed by atoms with van der Waals surface area (Å²) in [6, 6.07) is 7.96. The quantitative estimate of drug-likeness (QED) is 0.849. The minimum absolute atomic E-state index is 0.150. The Kier molecular flexibility index (Phi) is 3.18. The number of carbonyl (C=O) groups is 1. The van der Waals surface area contributed by atoms with E-state index in [1.165, 1.54) is 6.07 Å². The molecule has 0 aliphatic rings. The first kappa shape index (κ1) is 11.3. The molecule has 2 N–H and O–H groups in total. The summed E-state index contributed by atoms with van der Waals surface area (Å²) < 4.78 is 13.3. The number of halogens is 1. The number of H-pyrrole nitrogens is 1. The molecule has 1 heterocycles. The molecule has 0 atom stereocenters. The van der Waals surface area contributed by atoms with Crippen molar-refractivity contribution in [2.75, 3.05) is 0 Å². The van der Waals surface area contributed by atoms with Gasteiger partial charge in [0.05, 0.1) is 0 Å². The normalized spacial score (nSPS) is 10.2. The number of aromatic amines is 1. The largest absolute Gasteiger partial charge is 0.346 e. The van der Waals surface area contributed by atoms with Crippen LogP contribution in [0.25, 0.3) is 0 Å². The summed E-state index contributed by atoms with van der Waals surface area (Å²) in [5.41, 5.74) is 1.56. The molecule has 2 aromatic rings. The molecular formula is C12H12FN3O. The number of carbonyl (C=O) groups excluding carboxylic acids is 1. The minimum atomic E-state index is -0.328. The highest BCUT2D eigenvalue weighted by Crippen LogP contribution is 2.06. The molecule has 5 heteroatoms. The summed E-state index contributed by atoms with van der Waals surface area (Å²) in [4.78, 5) is 11.6. The number of hydrogen-bond acceptors (Lipinski definition) is 2. The van der Waals surface area contributed by atoms with Crippen molar-refractivity contribution in [2.24, 2.45) is 0 Å². The van der Waals surface area contributed by atoms with Crippen molar-refractivity contribution in [1.29, 1.82) is 0 Å². The van der Waals surface area contributed by atoms with Crippen LogP contribution >= 0.6 is 0 Å². The number of hydrogen-bond donors (Lipinski definition) is 2. The summed E-state index contributed by atoms with van der Waals surface area (Å²) in [5, 5.41) is 9.10. The molecule has 0 spiro atoms. The van der Waals surface area contributed by atoms with E-state index < -0.39 is 0 Å². The van der Waals surface area contributed by atoms with Crippen molar-refractivity contribution in [2.45, 2.75) is 13.5 Å². The lowest BCUT2D eigenvalue weighted by Crippen LogP contribution is -2.23. The third-order valence-corrected chi connectivity index (χ3v) is 2.34. The highest BCUT2D eigenvalue weighted by molar-refractivity contribution is 5.92. The average molecular weight is 233 g/mol. The summed E-state index contributed by atoms with van der Waals surface area (Å²) in [6.45, 7) is 1.96. The number of aromatic nitrogens is 2. The van der Waals surface area contributed by atoms with E-state index in [0.29, 0.717) is 11.3 Å². The van der Waals surface area contributed by atoms with Gasteiger partial charge >= 0.3 is 0 Å². The van der Waals surface area contributed by atoms with Crippen LogP contribution in [0, 0.1) is 12.7 Å². The van der Waals surface area contributed by atoms with Crippen molar-refractivity contribution in [1.82, 2.24) is 15.5 Å². The highest BCUT2D eigenvalue weighted by Gasteiger charge is 2.09. The lowest BCUT2D eigenvalue weighted by molar-refractivity contribution is 0.0945. The van der Waals surface area contributed by atoms with Crippen LogP contribution in [0.2, 0.25) is 0 Å². The van der Waals surface area contributed by atoms with Gasteiger partial charge in [0.15, 0.2) is 0 Å². The van der Waals surface area contributed by atoms with Crippen molar-refractivity contribution in [3.05, 3.63) is 53.1 Å². The Labute approximate surface area is 97.9 Å². The molecule has 0 saturated heterocycles. The van der Waals surface area contributed by atoms with Crippen LogP contribution in [0.1, 0.15) is 21.7 Å². The number of amides is 1. The Morgan fingerprint density at radius 3 is 2.88 bits per heavy atom. The monoisotopic (exact) mass is 233 g/mol. The second-order valence-corrected chi connectivity index (χ2v) is 3.71. The molecule has 1 aromatic heterocycles. The smallest absolute Gasteiger partial charge is 0.272 e. The maximum absolute atomic E-state index is 13.3. The zero-order valence-corrected chi connectivity index (χ0v) is 9.33. The molecule has 0 unspecified atom stereocenters. The zero-order chi connectivity index (χ0) is 12.3. The Bertz CT molecular complexity index is 536. The Morgan fingerprint density at radius 1 is 1.47 bits per heavy atom.